The van der Waals surface area contributed by atoms with Crippen LogP contribution in [-0.2, 0) is 19.6 Å². The molecule has 0 aromatic rings. The average molecular weight is 375 g/mol. The van der Waals surface area contributed by atoms with Gasteiger partial charge >= 0.3 is 5.97 Å². The maximum atomic E-state index is 12.6. The van der Waals surface area contributed by atoms with Crippen LogP contribution in [0.5, 0.6) is 0 Å². The molecule has 0 aromatic carbocycles. The molecule has 2 saturated heterocycles. The number of carboxylic acids is 1. The smallest absolute Gasteiger partial charge is 0.305 e. The first kappa shape index (κ1) is 20.3. The molecule has 2 fully saturated rings. The van der Waals surface area contributed by atoms with E-state index in [1.54, 1.807) is 0 Å². The van der Waals surface area contributed by atoms with Gasteiger partial charge in [0.15, 0.2) is 5.78 Å². The zero-order chi connectivity index (χ0) is 18.3. The zero-order valence-corrected chi connectivity index (χ0v) is 15.3. The molecule has 2 unspecified atom stereocenters. The van der Waals surface area contributed by atoms with E-state index in [2.05, 4.69) is 15.4 Å². The Bertz CT molecular complexity index is 554. The Morgan fingerprint density at radius 3 is 2.44 bits per heavy atom. The summed E-state index contributed by atoms with van der Waals surface area (Å²) < 4.78 is 27.1. The van der Waals surface area contributed by atoms with Crippen molar-refractivity contribution in [2.24, 2.45) is 11.8 Å². The normalized spacial score (nSPS) is 23.9. The Hall–Kier alpha value is -1.03. The maximum Gasteiger partial charge on any atom is 0.305 e. The SMILES string of the molecule is O=C(O)CC(NS(=O)(=O)CCC1CCNCC1)C(=O)C1CCCNC1. The van der Waals surface area contributed by atoms with Gasteiger partial charge < -0.3 is 15.7 Å². The second-order valence-electron chi connectivity index (χ2n) is 7.01. The van der Waals surface area contributed by atoms with Crippen molar-refractivity contribution in [3.05, 3.63) is 0 Å². The molecule has 2 rings (SSSR count). The van der Waals surface area contributed by atoms with E-state index < -0.39 is 28.5 Å². The van der Waals surface area contributed by atoms with Gasteiger partial charge in [-0.2, -0.15) is 0 Å². The van der Waals surface area contributed by atoms with E-state index in [1.165, 1.54) is 0 Å². The number of nitrogens with one attached hydrogen (secondary N) is 3. The molecule has 144 valence electrons. The third-order valence-electron chi connectivity index (χ3n) is 5.00. The van der Waals surface area contributed by atoms with Crippen LogP contribution in [-0.4, -0.2) is 63.3 Å². The fourth-order valence-corrected chi connectivity index (χ4v) is 4.92. The van der Waals surface area contributed by atoms with Crippen molar-refractivity contribution in [2.45, 2.75) is 44.6 Å². The lowest BCUT2D eigenvalue weighted by Crippen LogP contribution is -2.48. The monoisotopic (exact) mass is 375 g/mol. The molecule has 25 heavy (non-hydrogen) atoms. The summed E-state index contributed by atoms with van der Waals surface area (Å²) in [6, 6.07) is -1.18. The highest BCUT2D eigenvalue weighted by Gasteiger charge is 2.32. The number of carbonyl (C=O) groups excluding carboxylic acids is 1. The second-order valence-corrected chi connectivity index (χ2v) is 8.89. The second kappa shape index (κ2) is 9.61. The number of hydrogen-bond acceptors (Lipinski definition) is 6. The molecule has 4 N–H and O–H groups in total. The third-order valence-corrected chi connectivity index (χ3v) is 6.41. The number of aliphatic carboxylic acids is 1. The molecule has 0 radical (unpaired) electrons. The number of carboxylic acid groups (broad SMARTS) is 1. The van der Waals surface area contributed by atoms with Crippen molar-refractivity contribution in [3.8, 4) is 0 Å². The molecule has 9 heteroatoms. The van der Waals surface area contributed by atoms with Gasteiger partial charge in [0, 0.05) is 12.5 Å². The minimum absolute atomic E-state index is 0.0655. The number of sulfonamides is 1. The summed E-state index contributed by atoms with van der Waals surface area (Å²) in [5.74, 6) is -1.54. The average Bonchev–Trinajstić information content (AvgIpc) is 2.60. The molecule has 2 heterocycles. The Morgan fingerprint density at radius 2 is 1.84 bits per heavy atom. The first-order valence-electron chi connectivity index (χ1n) is 9.04. The van der Waals surface area contributed by atoms with Crippen LogP contribution in [0, 0.1) is 11.8 Å². The number of piperidine rings is 2. The van der Waals surface area contributed by atoms with Crippen LogP contribution in [0.1, 0.15) is 38.5 Å². The van der Waals surface area contributed by atoms with Crippen molar-refractivity contribution >= 4 is 21.8 Å². The molecule has 0 saturated carbocycles. The number of carbonyl (C=O) groups is 2. The van der Waals surface area contributed by atoms with Gasteiger partial charge in [0.1, 0.15) is 0 Å². The highest BCUT2D eigenvalue weighted by molar-refractivity contribution is 7.89. The molecular formula is C16H29N3O5S. The van der Waals surface area contributed by atoms with Crippen LogP contribution in [0.3, 0.4) is 0 Å². The molecule has 2 aliphatic rings. The summed E-state index contributed by atoms with van der Waals surface area (Å²) in [5.41, 5.74) is 0. The molecule has 0 aromatic heterocycles. The van der Waals surface area contributed by atoms with Crippen molar-refractivity contribution in [1.29, 1.82) is 0 Å². The minimum atomic E-state index is -3.68. The van der Waals surface area contributed by atoms with Gasteiger partial charge in [-0.3, -0.25) is 9.59 Å². The van der Waals surface area contributed by atoms with Crippen LogP contribution >= 0.6 is 0 Å². The summed E-state index contributed by atoms with van der Waals surface area (Å²) in [6.45, 7) is 3.10. The molecule has 0 amide bonds. The predicted octanol–water partition coefficient (Wildman–Crippen LogP) is -0.292. The minimum Gasteiger partial charge on any atom is -0.481 e. The summed E-state index contributed by atoms with van der Waals surface area (Å²) in [6.07, 6.45) is 3.41. The first-order valence-corrected chi connectivity index (χ1v) is 10.7. The zero-order valence-electron chi connectivity index (χ0n) is 14.5. The van der Waals surface area contributed by atoms with Crippen LogP contribution in [0.4, 0.5) is 0 Å². The molecule has 2 atom stereocenters. The summed E-state index contributed by atoms with van der Waals surface area (Å²) >= 11 is 0. The Labute approximate surface area is 149 Å². The lowest BCUT2D eigenvalue weighted by Gasteiger charge is -2.26. The number of ketones is 1. The predicted molar refractivity (Wildman–Crippen MR) is 93.8 cm³/mol. The highest BCUT2D eigenvalue weighted by Crippen LogP contribution is 2.18. The molecule has 2 aliphatic heterocycles. The fraction of sp³-hybridized carbons (Fsp3) is 0.875. The van der Waals surface area contributed by atoms with E-state index in [-0.39, 0.29) is 17.5 Å². The Morgan fingerprint density at radius 1 is 1.12 bits per heavy atom. The Kier molecular flexibility index (Phi) is 7.80. The Balaban J connectivity index is 1.93. The molecule has 0 bridgehead atoms. The number of Topliss-reactive ketones (excluding diaryl/α,β-unsaturated/α-hetero) is 1. The fourth-order valence-electron chi connectivity index (χ4n) is 3.52. The van der Waals surface area contributed by atoms with Crippen molar-refractivity contribution in [2.75, 3.05) is 31.9 Å². The van der Waals surface area contributed by atoms with Gasteiger partial charge in [0.25, 0.3) is 0 Å². The number of hydrogen-bond donors (Lipinski definition) is 4. The van der Waals surface area contributed by atoms with Crippen LogP contribution in [0.25, 0.3) is 0 Å². The third kappa shape index (κ3) is 7.01. The van der Waals surface area contributed by atoms with E-state index in [0.717, 1.165) is 38.9 Å². The maximum absolute atomic E-state index is 12.6. The number of rotatable bonds is 9. The van der Waals surface area contributed by atoms with Crippen LogP contribution < -0.4 is 15.4 Å². The lowest BCUT2D eigenvalue weighted by molar-refractivity contribution is -0.140. The van der Waals surface area contributed by atoms with Gasteiger partial charge in [-0.25, -0.2) is 13.1 Å². The van der Waals surface area contributed by atoms with E-state index in [0.29, 0.717) is 25.3 Å². The van der Waals surface area contributed by atoms with E-state index in [1.807, 2.05) is 0 Å². The quantitative estimate of drug-likeness (QED) is 0.436. The lowest BCUT2D eigenvalue weighted by atomic mass is 9.90. The molecule has 8 nitrogen and oxygen atoms in total. The van der Waals surface area contributed by atoms with Crippen molar-refractivity contribution in [3.63, 3.8) is 0 Å². The van der Waals surface area contributed by atoms with Gasteiger partial charge in [-0.15, -0.1) is 0 Å². The highest BCUT2D eigenvalue weighted by atomic mass is 32.2. The summed E-state index contributed by atoms with van der Waals surface area (Å²) in [5, 5.41) is 15.4. The van der Waals surface area contributed by atoms with Gasteiger partial charge in [-0.05, 0) is 57.7 Å². The molecule has 0 spiro atoms. The van der Waals surface area contributed by atoms with Gasteiger partial charge in [-0.1, -0.05) is 0 Å². The standard InChI is InChI=1S/C16H29N3O5S/c20-15(21)10-14(16(22)13-2-1-6-18-11-13)19-25(23,24)9-5-12-3-7-17-8-4-12/h12-14,17-19H,1-11H2,(H,20,21). The van der Waals surface area contributed by atoms with E-state index in [9.17, 15) is 18.0 Å². The van der Waals surface area contributed by atoms with E-state index in [4.69, 9.17) is 5.11 Å². The summed E-state index contributed by atoms with van der Waals surface area (Å²) in [4.78, 5) is 23.7. The molecule has 0 aliphatic carbocycles. The van der Waals surface area contributed by atoms with Crippen molar-refractivity contribution < 1.29 is 23.1 Å². The largest absolute Gasteiger partial charge is 0.481 e. The topological polar surface area (TPSA) is 125 Å². The molecular weight excluding hydrogens is 346 g/mol. The van der Waals surface area contributed by atoms with Gasteiger partial charge in [0.05, 0.1) is 18.2 Å². The summed E-state index contributed by atoms with van der Waals surface area (Å²) in [7, 11) is -3.68. The van der Waals surface area contributed by atoms with Crippen LogP contribution in [0.15, 0.2) is 0 Å². The first-order chi connectivity index (χ1) is 11.9. The van der Waals surface area contributed by atoms with Gasteiger partial charge in [0.2, 0.25) is 10.0 Å². The van der Waals surface area contributed by atoms with Crippen LogP contribution in [0.2, 0.25) is 0 Å². The van der Waals surface area contributed by atoms with Crippen molar-refractivity contribution in [1.82, 2.24) is 15.4 Å². The van der Waals surface area contributed by atoms with E-state index >= 15 is 0 Å².